The largest absolute Gasteiger partial charge is 0.391 e. The Morgan fingerprint density at radius 3 is 2.69 bits per heavy atom. The summed E-state index contributed by atoms with van der Waals surface area (Å²) in [7, 11) is -3.81. The van der Waals surface area contributed by atoms with Crippen molar-refractivity contribution in [1.29, 1.82) is 5.26 Å². The molecule has 5 rings (SSSR count). The van der Waals surface area contributed by atoms with Crippen LogP contribution in [0.4, 0.5) is 0 Å². The van der Waals surface area contributed by atoms with Gasteiger partial charge in [0.2, 0.25) is 10.0 Å². The van der Waals surface area contributed by atoms with Crippen molar-refractivity contribution in [2.45, 2.75) is 61.1 Å². The maximum absolute atomic E-state index is 13.4. The van der Waals surface area contributed by atoms with Crippen molar-refractivity contribution in [2.75, 3.05) is 6.54 Å². The number of carbonyl (C=O) groups excluding carboxylic acids is 1. The first-order valence-electron chi connectivity index (χ1n) is 10.4. The van der Waals surface area contributed by atoms with Crippen molar-refractivity contribution in [2.24, 2.45) is 17.8 Å². The highest BCUT2D eigenvalue weighted by Crippen LogP contribution is 2.56. The van der Waals surface area contributed by atoms with Gasteiger partial charge in [0.05, 0.1) is 23.1 Å². The summed E-state index contributed by atoms with van der Waals surface area (Å²) in [5, 5.41) is 22.8. The fraction of sp³-hybridized carbons (Fsp3) is 0.619. The number of nitriles is 1. The molecule has 7 nitrogen and oxygen atoms in total. The predicted molar refractivity (Wildman–Crippen MR) is 104 cm³/mol. The Hall–Kier alpha value is -1.95. The second-order valence-electron chi connectivity index (χ2n) is 9.09. The second kappa shape index (κ2) is 6.53. The van der Waals surface area contributed by atoms with Crippen LogP contribution in [0.25, 0.3) is 0 Å². The predicted octanol–water partition coefficient (Wildman–Crippen LogP) is 1.64. The minimum atomic E-state index is -3.81. The van der Waals surface area contributed by atoms with Crippen molar-refractivity contribution in [3.05, 3.63) is 29.8 Å². The lowest BCUT2D eigenvalue weighted by Gasteiger charge is -2.28. The fourth-order valence-electron chi connectivity index (χ4n) is 6.10. The minimum Gasteiger partial charge on any atom is -0.391 e. The highest BCUT2D eigenvalue weighted by Gasteiger charge is 2.61. The Kier molecular flexibility index (Phi) is 4.28. The lowest BCUT2D eigenvalue weighted by molar-refractivity contribution is 0.0731. The molecule has 3 saturated carbocycles. The first kappa shape index (κ1) is 19.0. The van der Waals surface area contributed by atoms with E-state index in [1.807, 2.05) is 0 Å². The third-order valence-corrected chi connectivity index (χ3v) is 9.39. The van der Waals surface area contributed by atoms with E-state index >= 15 is 0 Å². The maximum Gasteiger partial charge on any atom is 0.252 e. The highest BCUT2D eigenvalue weighted by molar-refractivity contribution is 7.89. The van der Waals surface area contributed by atoms with E-state index < -0.39 is 27.6 Å². The number of fused-ring (bicyclic) bond motifs is 1. The lowest BCUT2D eigenvalue weighted by Crippen LogP contribution is -2.45. The smallest absolute Gasteiger partial charge is 0.252 e. The Morgan fingerprint density at radius 2 is 2.00 bits per heavy atom. The highest BCUT2D eigenvalue weighted by atomic mass is 32.2. The third kappa shape index (κ3) is 2.82. The molecule has 1 heterocycles. The quantitative estimate of drug-likeness (QED) is 0.777. The van der Waals surface area contributed by atoms with Crippen molar-refractivity contribution in [3.63, 3.8) is 0 Å². The van der Waals surface area contributed by atoms with Crippen LogP contribution in [0.3, 0.4) is 0 Å². The zero-order chi connectivity index (χ0) is 20.4. The fourth-order valence-corrected chi connectivity index (χ4v) is 7.89. The number of hydrogen-bond acceptors (Lipinski definition) is 5. The molecule has 4 aliphatic rings. The van der Waals surface area contributed by atoms with Gasteiger partial charge in [-0.25, -0.2) is 8.42 Å². The van der Waals surface area contributed by atoms with E-state index in [0.29, 0.717) is 25.3 Å². The number of nitrogens with zero attached hydrogens (tertiary/aromatic N) is 2. The van der Waals surface area contributed by atoms with Gasteiger partial charge < -0.3 is 10.4 Å². The van der Waals surface area contributed by atoms with Gasteiger partial charge in [-0.3, -0.25) is 4.79 Å². The molecule has 2 bridgehead atoms. The van der Waals surface area contributed by atoms with E-state index in [4.69, 9.17) is 0 Å². The molecule has 29 heavy (non-hydrogen) atoms. The average molecular weight is 416 g/mol. The van der Waals surface area contributed by atoms with Gasteiger partial charge in [-0.15, -0.1) is 0 Å². The molecule has 5 atom stereocenters. The zero-order valence-corrected chi connectivity index (χ0v) is 16.9. The topological polar surface area (TPSA) is 110 Å². The number of hydrogen-bond donors (Lipinski definition) is 2. The van der Waals surface area contributed by atoms with Crippen molar-refractivity contribution >= 4 is 15.9 Å². The molecule has 1 aromatic carbocycles. The van der Waals surface area contributed by atoms with E-state index in [1.54, 1.807) is 12.1 Å². The molecular weight excluding hydrogens is 390 g/mol. The van der Waals surface area contributed by atoms with Gasteiger partial charge in [0.1, 0.15) is 5.54 Å². The van der Waals surface area contributed by atoms with Crippen LogP contribution in [-0.2, 0) is 10.0 Å². The van der Waals surface area contributed by atoms with E-state index in [9.17, 15) is 23.6 Å². The molecule has 1 aliphatic heterocycles. The van der Waals surface area contributed by atoms with Crippen LogP contribution in [0.2, 0.25) is 0 Å². The SMILES string of the molecule is N#CC1(NC(=O)c2cccc(S(=O)(=O)N3C[C@@H]4C[C@H]5C[C@H]4[C@@H]3[C@H]5O)c2)CCCC1. The van der Waals surface area contributed by atoms with E-state index in [-0.39, 0.29) is 28.3 Å². The molecule has 0 aromatic heterocycles. The number of sulfonamides is 1. The molecule has 1 amide bonds. The standard InChI is InChI=1S/C21H25N3O4S/c22-12-21(6-1-2-7-21)23-20(26)13-4-3-5-16(9-13)29(27,28)24-11-15-8-14-10-17(15)18(24)19(14)25/h3-5,9,14-15,17-19,25H,1-2,6-8,10-11H2,(H,23,26)/t14-,15-,17+,18+,19-/m0/s1. The van der Waals surface area contributed by atoms with Crippen LogP contribution in [0.15, 0.2) is 29.2 Å². The summed E-state index contributed by atoms with van der Waals surface area (Å²) in [4.78, 5) is 12.8. The van der Waals surface area contributed by atoms with Gasteiger partial charge in [-0.2, -0.15) is 9.57 Å². The normalized spacial score (nSPS) is 35.0. The van der Waals surface area contributed by atoms with Crippen molar-refractivity contribution in [1.82, 2.24) is 9.62 Å². The van der Waals surface area contributed by atoms with Crippen LogP contribution in [-0.4, -0.2) is 48.0 Å². The van der Waals surface area contributed by atoms with Gasteiger partial charge >= 0.3 is 0 Å². The molecule has 0 radical (unpaired) electrons. The Morgan fingerprint density at radius 1 is 1.24 bits per heavy atom. The summed E-state index contributed by atoms with van der Waals surface area (Å²) in [5.74, 6) is 0.357. The number of carbonyl (C=O) groups is 1. The molecular formula is C21H25N3O4S. The van der Waals surface area contributed by atoms with Crippen LogP contribution in [0.5, 0.6) is 0 Å². The number of nitrogens with one attached hydrogen (secondary N) is 1. The monoisotopic (exact) mass is 415 g/mol. The van der Waals surface area contributed by atoms with Gasteiger partial charge in [0.15, 0.2) is 0 Å². The first-order valence-corrected chi connectivity index (χ1v) is 11.8. The zero-order valence-electron chi connectivity index (χ0n) is 16.1. The van der Waals surface area contributed by atoms with Gasteiger partial charge in [0.25, 0.3) is 5.91 Å². The Labute approximate surface area is 170 Å². The van der Waals surface area contributed by atoms with Gasteiger partial charge in [-0.05, 0) is 74.5 Å². The lowest BCUT2D eigenvalue weighted by atomic mass is 9.88. The van der Waals surface area contributed by atoms with E-state index in [2.05, 4.69) is 11.4 Å². The molecule has 1 saturated heterocycles. The van der Waals surface area contributed by atoms with Gasteiger partial charge in [-0.1, -0.05) is 6.07 Å². The van der Waals surface area contributed by atoms with E-state index in [1.165, 1.54) is 16.4 Å². The number of rotatable bonds is 4. The van der Waals surface area contributed by atoms with E-state index in [0.717, 1.165) is 25.7 Å². The first-order chi connectivity index (χ1) is 13.8. The molecule has 0 unspecified atom stereocenters. The average Bonchev–Trinajstić information content (AvgIpc) is 3.45. The summed E-state index contributed by atoms with van der Waals surface area (Å²) in [6, 6.07) is 7.90. The number of benzene rings is 1. The number of amides is 1. The molecule has 4 fully saturated rings. The van der Waals surface area contributed by atoms with Crippen molar-refractivity contribution in [3.8, 4) is 6.07 Å². The summed E-state index contributed by atoms with van der Waals surface area (Å²) >= 11 is 0. The minimum absolute atomic E-state index is 0.0690. The molecule has 1 aromatic rings. The van der Waals surface area contributed by atoms with Gasteiger partial charge in [0, 0.05) is 12.1 Å². The molecule has 8 heteroatoms. The number of aliphatic hydroxyl groups excluding tert-OH is 1. The van der Waals surface area contributed by atoms with Crippen LogP contribution < -0.4 is 5.32 Å². The molecule has 2 N–H and O–H groups in total. The molecule has 154 valence electrons. The van der Waals surface area contributed by atoms with Crippen LogP contribution in [0.1, 0.15) is 48.9 Å². The maximum atomic E-state index is 13.4. The molecule has 3 aliphatic carbocycles. The van der Waals surface area contributed by atoms with Crippen LogP contribution in [0, 0.1) is 29.1 Å². The Bertz CT molecular complexity index is 993. The van der Waals surface area contributed by atoms with Crippen LogP contribution >= 0.6 is 0 Å². The molecule has 0 spiro atoms. The van der Waals surface area contributed by atoms with Crippen molar-refractivity contribution < 1.29 is 18.3 Å². The third-order valence-electron chi connectivity index (χ3n) is 7.53. The summed E-state index contributed by atoms with van der Waals surface area (Å²) < 4.78 is 28.2. The Balaban J connectivity index is 1.41. The summed E-state index contributed by atoms with van der Waals surface area (Å²) in [6.45, 7) is 0.444. The summed E-state index contributed by atoms with van der Waals surface area (Å²) in [5.41, 5.74) is -0.622. The summed E-state index contributed by atoms with van der Waals surface area (Å²) in [6.07, 6.45) is 4.22. The second-order valence-corrected chi connectivity index (χ2v) is 11.0. The number of aliphatic hydroxyl groups is 1.